The quantitative estimate of drug-likeness (QED) is 0.823. The molecule has 0 fully saturated rings. The van der Waals surface area contributed by atoms with Crippen LogP contribution in [0.5, 0.6) is 11.5 Å². The Morgan fingerprint density at radius 1 is 0.900 bits per heavy atom. The van der Waals surface area contributed by atoms with Gasteiger partial charge in [-0.25, -0.2) is 0 Å². The summed E-state index contributed by atoms with van der Waals surface area (Å²) < 4.78 is 11.1. The van der Waals surface area contributed by atoms with Gasteiger partial charge < -0.3 is 15.2 Å². The van der Waals surface area contributed by atoms with Crippen LogP contribution in [0.15, 0.2) is 42.5 Å². The SMILES string of the molecule is NCc1ccc(OCCOc2ccc(Cl)cc2Cl)cc1. The lowest BCUT2D eigenvalue weighted by atomic mass is 10.2. The first-order valence-electron chi connectivity index (χ1n) is 6.18. The van der Waals surface area contributed by atoms with Crippen LogP contribution < -0.4 is 15.2 Å². The van der Waals surface area contributed by atoms with Gasteiger partial charge in [-0.1, -0.05) is 35.3 Å². The molecule has 0 unspecified atom stereocenters. The molecule has 5 heteroatoms. The maximum Gasteiger partial charge on any atom is 0.138 e. The molecule has 0 aromatic heterocycles. The zero-order valence-corrected chi connectivity index (χ0v) is 12.3. The van der Waals surface area contributed by atoms with Gasteiger partial charge in [-0.15, -0.1) is 0 Å². The topological polar surface area (TPSA) is 44.5 Å². The summed E-state index contributed by atoms with van der Waals surface area (Å²) in [5.74, 6) is 1.38. The molecule has 0 bridgehead atoms. The second kappa shape index (κ2) is 7.39. The smallest absolute Gasteiger partial charge is 0.138 e. The van der Waals surface area contributed by atoms with E-state index >= 15 is 0 Å². The van der Waals surface area contributed by atoms with Gasteiger partial charge in [0, 0.05) is 11.6 Å². The average Bonchev–Trinajstić information content (AvgIpc) is 2.46. The highest BCUT2D eigenvalue weighted by molar-refractivity contribution is 6.35. The number of nitrogens with two attached hydrogens (primary N) is 1. The zero-order valence-electron chi connectivity index (χ0n) is 10.8. The van der Waals surface area contributed by atoms with Crippen molar-refractivity contribution in [2.24, 2.45) is 5.73 Å². The summed E-state index contributed by atoms with van der Waals surface area (Å²) in [6, 6.07) is 12.8. The lowest BCUT2D eigenvalue weighted by Gasteiger charge is -2.10. The van der Waals surface area contributed by atoms with Crippen LogP contribution in [0.4, 0.5) is 0 Å². The largest absolute Gasteiger partial charge is 0.490 e. The lowest BCUT2D eigenvalue weighted by molar-refractivity contribution is 0.217. The Balaban J connectivity index is 1.78. The first-order valence-corrected chi connectivity index (χ1v) is 6.94. The second-order valence-corrected chi connectivity index (χ2v) is 4.96. The molecule has 0 aliphatic rings. The standard InChI is InChI=1S/C15H15Cl2NO2/c16-12-3-6-15(14(17)9-12)20-8-7-19-13-4-1-11(10-18)2-5-13/h1-6,9H,7-8,10,18H2. The number of hydrogen-bond acceptors (Lipinski definition) is 3. The average molecular weight is 312 g/mol. The van der Waals surface area contributed by atoms with Gasteiger partial charge in [0.25, 0.3) is 0 Å². The maximum atomic E-state index is 6.00. The lowest BCUT2D eigenvalue weighted by Crippen LogP contribution is -2.09. The van der Waals surface area contributed by atoms with E-state index < -0.39 is 0 Å². The zero-order chi connectivity index (χ0) is 14.4. The van der Waals surface area contributed by atoms with E-state index in [1.54, 1.807) is 18.2 Å². The fourth-order valence-corrected chi connectivity index (χ4v) is 2.09. The predicted molar refractivity (Wildman–Crippen MR) is 81.8 cm³/mol. The fraction of sp³-hybridized carbons (Fsp3) is 0.200. The summed E-state index contributed by atoms with van der Waals surface area (Å²) >= 11 is 11.8. The van der Waals surface area contributed by atoms with Crippen molar-refractivity contribution in [3.8, 4) is 11.5 Å². The number of halogens is 2. The third-order valence-electron chi connectivity index (χ3n) is 2.66. The molecule has 0 aliphatic heterocycles. The Morgan fingerprint density at radius 2 is 1.60 bits per heavy atom. The summed E-state index contributed by atoms with van der Waals surface area (Å²) in [4.78, 5) is 0. The molecule has 0 saturated carbocycles. The monoisotopic (exact) mass is 311 g/mol. The third-order valence-corrected chi connectivity index (χ3v) is 3.19. The van der Waals surface area contributed by atoms with Gasteiger partial charge >= 0.3 is 0 Å². The molecular weight excluding hydrogens is 297 g/mol. The van der Waals surface area contributed by atoms with E-state index in [0.717, 1.165) is 11.3 Å². The van der Waals surface area contributed by atoms with Crippen LogP contribution in [0.2, 0.25) is 10.0 Å². The molecule has 2 rings (SSSR count). The van der Waals surface area contributed by atoms with Crippen molar-refractivity contribution < 1.29 is 9.47 Å². The Hall–Kier alpha value is -1.42. The van der Waals surface area contributed by atoms with Crippen LogP contribution in [0.1, 0.15) is 5.56 Å². The summed E-state index contributed by atoms with van der Waals surface area (Å²) in [7, 11) is 0. The summed E-state index contributed by atoms with van der Waals surface area (Å²) in [5.41, 5.74) is 6.60. The molecule has 0 radical (unpaired) electrons. The van der Waals surface area contributed by atoms with Crippen molar-refractivity contribution in [3.05, 3.63) is 58.1 Å². The minimum absolute atomic E-state index is 0.403. The Morgan fingerprint density at radius 3 is 2.25 bits per heavy atom. The molecule has 20 heavy (non-hydrogen) atoms. The van der Waals surface area contributed by atoms with Crippen LogP contribution in [0, 0.1) is 0 Å². The molecule has 2 aromatic carbocycles. The molecule has 0 heterocycles. The highest BCUT2D eigenvalue weighted by Crippen LogP contribution is 2.27. The second-order valence-electron chi connectivity index (χ2n) is 4.12. The number of hydrogen-bond donors (Lipinski definition) is 1. The van der Waals surface area contributed by atoms with Crippen LogP contribution in [0.25, 0.3) is 0 Å². The molecule has 0 atom stereocenters. The van der Waals surface area contributed by atoms with Crippen LogP contribution in [0.3, 0.4) is 0 Å². The number of benzene rings is 2. The van der Waals surface area contributed by atoms with Crippen molar-refractivity contribution in [1.29, 1.82) is 0 Å². The van der Waals surface area contributed by atoms with Crippen molar-refractivity contribution in [2.75, 3.05) is 13.2 Å². The van der Waals surface area contributed by atoms with E-state index in [-0.39, 0.29) is 0 Å². The summed E-state index contributed by atoms with van der Waals surface area (Å²) in [6.45, 7) is 1.36. The minimum Gasteiger partial charge on any atom is -0.490 e. The van der Waals surface area contributed by atoms with E-state index in [2.05, 4.69) is 0 Å². The van der Waals surface area contributed by atoms with Gasteiger partial charge in [0.1, 0.15) is 24.7 Å². The first kappa shape index (κ1) is 15.0. The number of rotatable bonds is 6. The molecule has 0 spiro atoms. The molecule has 3 nitrogen and oxygen atoms in total. The van der Waals surface area contributed by atoms with Gasteiger partial charge in [-0.2, -0.15) is 0 Å². The highest BCUT2D eigenvalue weighted by Gasteiger charge is 2.02. The van der Waals surface area contributed by atoms with Crippen molar-refractivity contribution in [3.63, 3.8) is 0 Å². The van der Waals surface area contributed by atoms with Gasteiger partial charge in [-0.05, 0) is 35.9 Å². The van der Waals surface area contributed by atoms with E-state index in [4.69, 9.17) is 38.4 Å². The summed E-state index contributed by atoms with van der Waals surface area (Å²) in [6.07, 6.45) is 0. The van der Waals surface area contributed by atoms with Gasteiger partial charge in [0.15, 0.2) is 0 Å². The Labute approximate surface area is 128 Å². The summed E-state index contributed by atoms with van der Waals surface area (Å²) in [5, 5.41) is 1.07. The van der Waals surface area contributed by atoms with Gasteiger partial charge in [0.05, 0.1) is 5.02 Å². The van der Waals surface area contributed by atoms with Crippen molar-refractivity contribution in [1.82, 2.24) is 0 Å². The molecule has 106 valence electrons. The predicted octanol–water partition coefficient (Wildman–Crippen LogP) is 3.91. The maximum absolute atomic E-state index is 6.00. The van der Waals surface area contributed by atoms with E-state index in [1.165, 1.54) is 0 Å². The van der Waals surface area contributed by atoms with Crippen LogP contribution >= 0.6 is 23.2 Å². The molecule has 0 saturated heterocycles. The van der Waals surface area contributed by atoms with Gasteiger partial charge in [0.2, 0.25) is 0 Å². The van der Waals surface area contributed by atoms with Crippen molar-refractivity contribution in [2.45, 2.75) is 6.54 Å². The van der Waals surface area contributed by atoms with Crippen LogP contribution in [-0.4, -0.2) is 13.2 Å². The normalized spacial score (nSPS) is 10.3. The van der Waals surface area contributed by atoms with Crippen molar-refractivity contribution >= 4 is 23.2 Å². The third kappa shape index (κ3) is 4.30. The minimum atomic E-state index is 0.403. The molecular formula is C15H15Cl2NO2. The highest BCUT2D eigenvalue weighted by atomic mass is 35.5. The molecule has 2 N–H and O–H groups in total. The Bertz CT molecular complexity index is 558. The number of ether oxygens (including phenoxy) is 2. The van der Waals surface area contributed by atoms with E-state index in [9.17, 15) is 0 Å². The van der Waals surface area contributed by atoms with E-state index in [1.807, 2.05) is 24.3 Å². The molecule has 2 aromatic rings. The van der Waals surface area contributed by atoms with E-state index in [0.29, 0.717) is 35.6 Å². The molecule has 0 aliphatic carbocycles. The van der Waals surface area contributed by atoms with Gasteiger partial charge in [-0.3, -0.25) is 0 Å². The van der Waals surface area contributed by atoms with Crippen LogP contribution in [-0.2, 0) is 6.54 Å². The molecule has 0 amide bonds. The first-order chi connectivity index (χ1) is 9.69. The Kier molecular flexibility index (Phi) is 5.53. The fourth-order valence-electron chi connectivity index (χ4n) is 1.63.